The van der Waals surface area contributed by atoms with Gasteiger partial charge in [-0.25, -0.2) is 4.98 Å². The van der Waals surface area contributed by atoms with Crippen LogP contribution in [0.1, 0.15) is 5.82 Å². The summed E-state index contributed by atoms with van der Waals surface area (Å²) in [4.78, 5) is 29.4. The number of fused-ring (bicyclic) bond motifs is 1. The van der Waals surface area contributed by atoms with Crippen LogP contribution in [0.4, 0.5) is 13.2 Å². The standard InChI is InChI=1S/C10H8F3N3O2S/c1-16(9(18)10(11,12)13)4-6-14-5-2-3-19-7(5)8(17)15-6/h2-3H,4H2,1H3,(H,14,15,17). The Balaban J connectivity index is 2.26. The van der Waals surface area contributed by atoms with E-state index in [-0.39, 0.29) is 5.82 Å². The molecular formula is C10H8F3N3O2S. The molecule has 0 atom stereocenters. The second-order valence-electron chi connectivity index (χ2n) is 3.81. The SMILES string of the molecule is CN(Cc1nc2ccsc2c(=O)[nH]1)C(=O)C(F)(F)F. The molecule has 2 aromatic heterocycles. The highest BCUT2D eigenvalue weighted by molar-refractivity contribution is 7.17. The first-order valence-corrected chi connectivity index (χ1v) is 5.95. The van der Waals surface area contributed by atoms with Crippen molar-refractivity contribution in [3.8, 4) is 0 Å². The predicted octanol–water partition coefficient (Wildman–Crippen LogP) is 1.51. The van der Waals surface area contributed by atoms with Crippen LogP contribution in [0.5, 0.6) is 0 Å². The lowest BCUT2D eigenvalue weighted by Crippen LogP contribution is -2.38. The maximum Gasteiger partial charge on any atom is 0.471 e. The number of rotatable bonds is 2. The lowest BCUT2D eigenvalue weighted by molar-refractivity contribution is -0.184. The van der Waals surface area contributed by atoms with Crippen molar-refractivity contribution in [2.24, 2.45) is 0 Å². The number of nitrogens with zero attached hydrogens (tertiary/aromatic N) is 2. The molecule has 19 heavy (non-hydrogen) atoms. The molecule has 0 aliphatic carbocycles. The Hall–Kier alpha value is -1.90. The summed E-state index contributed by atoms with van der Waals surface area (Å²) < 4.78 is 37.0. The predicted molar refractivity (Wildman–Crippen MR) is 62.8 cm³/mol. The van der Waals surface area contributed by atoms with Gasteiger partial charge in [0.25, 0.3) is 5.56 Å². The molecular weight excluding hydrogens is 283 g/mol. The van der Waals surface area contributed by atoms with Crippen LogP contribution in [-0.2, 0) is 11.3 Å². The summed E-state index contributed by atoms with van der Waals surface area (Å²) in [6.45, 7) is -0.417. The first-order chi connectivity index (χ1) is 8.79. The molecule has 0 spiro atoms. The molecule has 0 saturated carbocycles. The fraction of sp³-hybridized carbons (Fsp3) is 0.300. The Morgan fingerprint density at radius 1 is 1.53 bits per heavy atom. The van der Waals surface area contributed by atoms with Crippen molar-refractivity contribution in [1.82, 2.24) is 14.9 Å². The molecule has 0 aliphatic heterocycles. The third-order valence-corrected chi connectivity index (χ3v) is 3.24. The molecule has 0 aromatic carbocycles. The minimum absolute atomic E-state index is 0.0102. The highest BCUT2D eigenvalue weighted by atomic mass is 32.1. The molecule has 2 heterocycles. The van der Waals surface area contributed by atoms with E-state index in [9.17, 15) is 22.8 Å². The quantitative estimate of drug-likeness (QED) is 0.912. The molecule has 5 nitrogen and oxygen atoms in total. The normalized spacial score (nSPS) is 11.8. The van der Waals surface area contributed by atoms with Crippen LogP contribution in [0.2, 0.25) is 0 Å². The van der Waals surface area contributed by atoms with Gasteiger partial charge in [-0.05, 0) is 11.4 Å². The van der Waals surface area contributed by atoms with Crippen LogP contribution >= 0.6 is 11.3 Å². The van der Waals surface area contributed by atoms with Gasteiger partial charge in [0.05, 0.1) is 12.1 Å². The first-order valence-electron chi connectivity index (χ1n) is 5.07. The minimum Gasteiger partial charge on any atom is -0.330 e. The lowest BCUT2D eigenvalue weighted by atomic mass is 10.4. The number of aromatic amines is 1. The zero-order chi connectivity index (χ0) is 14.2. The summed E-state index contributed by atoms with van der Waals surface area (Å²) in [5, 5.41) is 1.65. The highest BCUT2D eigenvalue weighted by Crippen LogP contribution is 2.19. The number of hydrogen-bond donors (Lipinski definition) is 1. The number of amides is 1. The fourth-order valence-corrected chi connectivity index (χ4v) is 2.23. The van der Waals surface area contributed by atoms with Gasteiger partial charge in [-0.15, -0.1) is 11.3 Å². The zero-order valence-corrected chi connectivity index (χ0v) is 10.4. The smallest absolute Gasteiger partial charge is 0.330 e. The van der Waals surface area contributed by atoms with Crippen molar-refractivity contribution in [1.29, 1.82) is 0 Å². The molecule has 0 radical (unpaired) electrons. The number of carbonyl (C=O) groups is 1. The summed E-state index contributed by atoms with van der Waals surface area (Å²) in [7, 11) is 0.994. The van der Waals surface area contributed by atoms with E-state index in [1.165, 1.54) is 11.3 Å². The molecule has 0 bridgehead atoms. The van der Waals surface area contributed by atoms with Crippen LogP contribution in [0.25, 0.3) is 10.2 Å². The van der Waals surface area contributed by atoms with Crippen LogP contribution in [0, 0.1) is 0 Å². The average molecular weight is 291 g/mol. The van der Waals surface area contributed by atoms with Gasteiger partial charge in [-0.3, -0.25) is 9.59 Å². The third kappa shape index (κ3) is 2.75. The summed E-state index contributed by atoms with van der Waals surface area (Å²) in [6.07, 6.45) is -4.94. The van der Waals surface area contributed by atoms with E-state index in [1.54, 1.807) is 11.4 Å². The number of carbonyl (C=O) groups excluding carboxylic acids is 1. The molecule has 102 valence electrons. The topological polar surface area (TPSA) is 66.1 Å². The summed E-state index contributed by atoms with van der Waals surface area (Å²) in [5.74, 6) is -1.98. The average Bonchev–Trinajstić information content (AvgIpc) is 2.75. The van der Waals surface area contributed by atoms with E-state index < -0.39 is 24.2 Å². The highest BCUT2D eigenvalue weighted by Gasteiger charge is 2.41. The Morgan fingerprint density at radius 2 is 2.21 bits per heavy atom. The van der Waals surface area contributed by atoms with Gasteiger partial charge in [0, 0.05) is 7.05 Å². The number of H-pyrrole nitrogens is 1. The minimum atomic E-state index is -4.94. The molecule has 0 saturated heterocycles. The molecule has 9 heteroatoms. The summed E-state index contributed by atoms with van der Waals surface area (Å²) in [5.41, 5.74) is -0.0283. The van der Waals surface area contributed by atoms with E-state index in [2.05, 4.69) is 9.97 Å². The van der Waals surface area contributed by atoms with Gasteiger partial charge in [0.1, 0.15) is 10.5 Å². The maximum absolute atomic E-state index is 12.2. The van der Waals surface area contributed by atoms with Crippen LogP contribution in [0.3, 0.4) is 0 Å². The van der Waals surface area contributed by atoms with Crippen LogP contribution < -0.4 is 5.56 Å². The van der Waals surface area contributed by atoms with E-state index in [1.807, 2.05) is 0 Å². The second kappa shape index (κ2) is 4.65. The van der Waals surface area contributed by atoms with Gasteiger partial charge in [0.15, 0.2) is 0 Å². The zero-order valence-electron chi connectivity index (χ0n) is 9.61. The van der Waals surface area contributed by atoms with Crippen LogP contribution in [0.15, 0.2) is 16.2 Å². The molecule has 2 aromatic rings. The fourth-order valence-electron chi connectivity index (χ4n) is 1.51. The molecule has 2 rings (SSSR count). The van der Waals surface area contributed by atoms with Gasteiger partial charge in [-0.2, -0.15) is 13.2 Å². The van der Waals surface area contributed by atoms with Gasteiger partial charge in [-0.1, -0.05) is 0 Å². The summed E-state index contributed by atoms with van der Waals surface area (Å²) in [6, 6.07) is 1.59. The molecule has 1 amide bonds. The molecule has 1 N–H and O–H groups in total. The monoisotopic (exact) mass is 291 g/mol. The first kappa shape index (κ1) is 13.5. The molecule has 0 fully saturated rings. The van der Waals surface area contributed by atoms with Crippen molar-refractivity contribution < 1.29 is 18.0 Å². The maximum atomic E-state index is 12.2. The van der Waals surface area contributed by atoms with Gasteiger partial charge in [0.2, 0.25) is 0 Å². The number of halogens is 3. The van der Waals surface area contributed by atoms with Crippen molar-refractivity contribution >= 4 is 27.5 Å². The number of nitrogens with one attached hydrogen (secondary N) is 1. The Morgan fingerprint density at radius 3 is 2.84 bits per heavy atom. The lowest BCUT2D eigenvalue weighted by Gasteiger charge is -2.17. The van der Waals surface area contributed by atoms with E-state index in [0.29, 0.717) is 15.1 Å². The number of alkyl halides is 3. The van der Waals surface area contributed by atoms with Crippen molar-refractivity contribution in [3.05, 3.63) is 27.6 Å². The van der Waals surface area contributed by atoms with Gasteiger partial charge < -0.3 is 9.88 Å². The largest absolute Gasteiger partial charge is 0.471 e. The number of aromatic nitrogens is 2. The van der Waals surface area contributed by atoms with Crippen molar-refractivity contribution in [2.75, 3.05) is 7.05 Å². The Labute approximate surface area is 108 Å². The van der Waals surface area contributed by atoms with E-state index in [0.717, 1.165) is 7.05 Å². The summed E-state index contributed by atoms with van der Waals surface area (Å²) >= 11 is 1.19. The Kier molecular flexibility index (Phi) is 3.31. The second-order valence-corrected chi connectivity index (χ2v) is 4.72. The molecule has 0 unspecified atom stereocenters. The van der Waals surface area contributed by atoms with E-state index >= 15 is 0 Å². The Bertz CT molecular complexity index is 676. The van der Waals surface area contributed by atoms with Crippen molar-refractivity contribution in [2.45, 2.75) is 12.7 Å². The third-order valence-electron chi connectivity index (χ3n) is 2.34. The number of hydrogen-bond acceptors (Lipinski definition) is 4. The number of thiophene rings is 1. The van der Waals surface area contributed by atoms with Crippen molar-refractivity contribution in [3.63, 3.8) is 0 Å². The van der Waals surface area contributed by atoms with Gasteiger partial charge >= 0.3 is 12.1 Å². The molecule has 0 aliphatic rings. The van der Waals surface area contributed by atoms with Crippen LogP contribution in [-0.4, -0.2) is 34.0 Å². The van der Waals surface area contributed by atoms with E-state index in [4.69, 9.17) is 0 Å².